The summed E-state index contributed by atoms with van der Waals surface area (Å²) in [5.41, 5.74) is 1.24. The minimum atomic E-state index is -0.199. The zero-order valence-electron chi connectivity index (χ0n) is 19.3. The number of methoxy groups -OCH3 is 2. The van der Waals surface area contributed by atoms with Gasteiger partial charge in [0.1, 0.15) is 5.82 Å². The van der Waals surface area contributed by atoms with E-state index in [0.717, 1.165) is 16.9 Å². The molecule has 9 nitrogen and oxygen atoms in total. The quantitative estimate of drug-likeness (QED) is 0.351. The normalized spacial score (nSPS) is 11.2. The van der Waals surface area contributed by atoms with Crippen LogP contribution in [0.25, 0.3) is 11.0 Å². The number of hydrogen-bond acceptors (Lipinski definition) is 8. The number of benzene rings is 1. The van der Waals surface area contributed by atoms with E-state index in [1.54, 1.807) is 55.1 Å². The highest BCUT2D eigenvalue weighted by Crippen LogP contribution is 2.28. The molecule has 0 atom stereocenters. The van der Waals surface area contributed by atoms with E-state index < -0.39 is 0 Å². The van der Waals surface area contributed by atoms with E-state index in [1.165, 1.54) is 0 Å². The van der Waals surface area contributed by atoms with Crippen molar-refractivity contribution in [1.29, 1.82) is 0 Å². The number of amides is 1. The van der Waals surface area contributed by atoms with Crippen molar-refractivity contribution in [3.63, 3.8) is 0 Å². The van der Waals surface area contributed by atoms with Gasteiger partial charge >= 0.3 is 0 Å². The summed E-state index contributed by atoms with van der Waals surface area (Å²) in [6.45, 7) is 9.22. The lowest BCUT2D eigenvalue weighted by Gasteiger charge is -2.13. The molecule has 2 N–H and O–H groups in total. The number of ether oxygens (including phenoxy) is 2. The highest BCUT2D eigenvalue weighted by molar-refractivity contribution is 7.99. The van der Waals surface area contributed by atoms with E-state index in [0.29, 0.717) is 40.6 Å². The molecule has 0 fully saturated rings. The van der Waals surface area contributed by atoms with Crippen molar-refractivity contribution in [3.05, 3.63) is 30.0 Å². The monoisotopic (exact) mass is 458 g/mol. The SMILES string of the molecule is COc1ccc(C(=O)NCCn2ncc3c(NC(C)C)nc(SC(C)C)nc32)cc1OC. The Hall–Kier alpha value is -3.01. The molecule has 2 aromatic heterocycles. The van der Waals surface area contributed by atoms with E-state index in [9.17, 15) is 4.79 Å². The van der Waals surface area contributed by atoms with E-state index in [1.807, 2.05) is 0 Å². The summed E-state index contributed by atoms with van der Waals surface area (Å²) in [5.74, 6) is 1.66. The highest BCUT2D eigenvalue weighted by Gasteiger charge is 2.16. The molecule has 0 aliphatic carbocycles. The molecule has 0 aliphatic rings. The third-order valence-corrected chi connectivity index (χ3v) is 5.36. The van der Waals surface area contributed by atoms with Crippen molar-refractivity contribution >= 4 is 34.5 Å². The number of carbonyl (C=O) groups excluding carboxylic acids is 1. The van der Waals surface area contributed by atoms with Crippen LogP contribution < -0.4 is 20.1 Å². The topological polar surface area (TPSA) is 103 Å². The molecule has 0 aliphatic heterocycles. The first kappa shape index (κ1) is 23.6. The Labute approximate surface area is 192 Å². The second-order valence-corrected chi connectivity index (χ2v) is 9.29. The predicted octanol–water partition coefficient (Wildman–Crippen LogP) is 3.59. The third kappa shape index (κ3) is 5.61. The summed E-state index contributed by atoms with van der Waals surface area (Å²) < 4.78 is 12.3. The van der Waals surface area contributed by atoms with Gasteiger partial charge in [-0.05, 0) is 32.0 Å². The van der Waals surface area contributed by atoms with Crippen LogP contribution >= 0.6 is 11.8 Å². The van der Waals surface area contributed by atoms with E-state index >= 15 is 0 Å². The van der Waals surface area contributed by atoms with Crippen LogP contribution in [-0.2, 0) is 6.54 Å². The van der Waals surface area contributed by atoms with Gasteiger partial charge in [-0.1, -0.05) is 25.6 Å². The van der Waals surface area contributed by atoms with Crippen molar-refractivity contribution in [2.24, 2.45) is 0 Å². The van der Waals surface area contributed by atoms with Crippen LogP contribution in [-0.4, -0.2) is 57.7 Å². The number of carbonyl (C=O) groups is 1. The van der Waals surface area contributed by atoms with Crippen LogP contribution in [0.3, 0.4) is 0 Å². The molecule has 0 radical (unpaired) electrons. The molecule has 3 rings (SSSR count). The Morgan fingerprint density at radius 1 is 1.12 bits per heavy atom. The molecule has 1 aromatic carbocycles. The molecule has 2 heterocycles. The molecule has 0 unspecified atom stereocenters. The number of aromatic nitrogens is 4. The maximum atomic E-state index is 12.6. The summed E-state index contributed by atoms with van der Waals surface area (Å²) in [6.07, 6.45) is 1.76. The van der Waals surface area contributed by atoms with Crippen molar-refractivity contribution < 1.29 is 14.3 Å². The Bertz CT molecular complexity index is 1080. The number of nitrogens with zero attached hydrogens (tertiary/aromatic N) is 4. The number of anilines is 1. The summed E-state index contributed by atoms with van der Waals surface area (Å²) in [4.78, 5) is 22.0. The second kappa shape index (κ2) is 10.5. The fourth-order valence-corrected chi connectivity index (χ4v) is 3.81. The minimum Gasteiger partial charge on any atom is -0.493 e. The van der Waals surface area contributed by atoms with E-state index in [4.69, 9.17) is 14.5 Å². The molecule has 10 heteroatoms. The fourth-order valence-electron chi connectivity index (χ4n) is 3.10. The summed E-state index contributed by atoms with van der Waals surface area (Å²) >= 11 is 1.60. The van der Waals surface area contributed by atoms with Crippen molar-refractivity contribution in [2.45, 2.75) is 50.7 Å². The maximum Gasteiger partial charge on any atom is 0.251 e. The van der Waals surface area contributed by atoms with Crippen LogP contribution in [0.4, 0.5) is 5.82 Å². The third-order valence-electron chi connectivity index (χ3n) is 4.50. The van der Waals surface area contributed by atoms with Gasteiger partial charge in [0.05, 0.1) is 32.3 Å². The van der Waals surface area contributed by atoms with Gasteiger partial charge in [-0.25, -0.2) is 14.6 Å². The highest BCUT2D eigenvalue weighted by atomic mass is 32.2. The van der Waals surface area contributed by atoms with Gasteiger partial charge in [0.15, 0.2) is 22.3 Å². The Morgan fingerprint density at radius 2 is 1.88 bits per heavy atom. The zero-order chi connectivity index (χ0) is 23.3. The van der Waals surface area contributed by atoms with Crippen LogP contribution in [0.2, 0.25) is 0 Å². The lowest BCUT2D eigenvalue weighted by Crippen LogP contribution is -2.27. The van der Waals surface area contributed by atoms with Gasteiger partial charge in [0.2, 0.25) is 0 Å². The maximum absolute atomic E-state index is 12.6. The summed E-state index contributed by atoms with van der Waals surface area (Å²) in [5, 5.41) is 12.7. The predicted molar refractivity (Wildman–Crippen MR) is 127 cm³/mol. The van der Waals surface area contributed by atoms with Crippen molar-refractivity contribution in [2.75, 3.05) is 26.1 Å². The summed E-state index contributed by atoms with van der Waals surface area (Å²) in [6, 6.07) is 5.30. The average Bonchev–Trinajstić information content (AvgIpc) is 3.15. The molecule has 0 saturated heterocycles. The Kier molecular flexibility index (Phi) is 7.79. The van der Waals surface area contributed by atoms with Gasteiger partial charge < -0.3 is 20.1 Å². The standard InChI is InChI=1S/C22H30N6O3S/c1-13(2)25-19-16-12-24-28(20(16)27-22(26-19)32-14(3)4)10-9-23-21(29)15-7-8-17(30-5)18(11-15)31-6/h7-8,11-14H,9-10H2,1-6H3,(H,23,29)(H,25,26,27). The molecule has 0 spiro atoms. The number of hydrogen-bond donors (Lipinski definition) is 2. The Balaban J connectivity index is 1.75. The zero-order valence-corrected chi connectivity index (χ0v) is 20.1. The number of fused-ring (bicyclic) bond motifs is 1. The molecule has 0 bridgehead atoms. The van der Waals surface area contributed by atoms with Crippen LogP contribution in [0, 0.1) is 0 Å². The number of nitrogens with one attached hydrogen (secondary N) is 2. The molecule has 172 valence electrons. The number of thioether (sulfide) groups is 1. The first-order valence-electron chi connectivity index (χ1n) is 10.5. The first-order chi connectivity index (χ1) is 15.3. The molecule has 0 saturated carbocycles. The molecule has 3 aromatic rings. The van der Waals surface area contributed by atoms with Crippen molar-refractivity contribution in [3.8, 4) is 11.5 Å². The average molecular weight is 459 g/mol. The van der Waals surface area contributed by atoms with Crippen LogP contribution in [0.5, 0.6) is 11.5 Å². The Morgan fingerprint density at radius 3 is 2.53 bits per heavy atom. The van der Waals surface area contributed by atoms with Crippen molar-refractivity contribution in [1.82, 2.24) is 25.1 Å². The summed E-state index contributed by atoms with van der Waals surface area (Å²) in [7, 11) is 3.10. The number of rotatable bonds is 10. The van der Waals surface area contributed by atoms with Crippen LogP contribution in [0.15, 0.2) is 29.6 Å². The lowest BCUT2D eigenvalue weighted by atomic mass is 10.2. The largest absolute Gasteiger partial charge is 0.493 e. The van der Waals surface area contributed by atoms with E-state index in [2.05, 4.69) is 48.4 Å². The smallest absolute Gasteiger partial charge is 0.251 e. The van der Waals surface area contributed by atoms with Gasteiger partial charge in [-0.15, -0.1) is 0 Å². The van der Waals surface area contributed by atoms with Gasteiger partial charge in [0.25, 0.3) is 5.91 Å². The molecular weight excluding hydrogens is 428 g/mol. The van der Waals surface area contributed by atoms with Gasteiger partial charge in [-0.3, -0.25) is 4.79 Å². The molecular formula is C22H30N6O3S. The molecule has 1 amide bonds. The lowest BCUT2D eigenvalue weighted by molar-refractivity contribution is 0.0951. The fraction of sp³-hybridized carbons (Fsp3) is 0.455. The van der Waals surface area contributed by atoms with Gasteiger partial charge in [-0.2, -0.15) is 5.10 Å². The minimum absolute atomic E-state index is 0.199. The second-order valence-electron chi connectivity index (χ2n) is 7.75. The van der Waals surface area contributed by atoms with Crippen LogP contribution in [0.1, 0.15) is 38.1 Å². The van der Waals surface area contributed by atoms with Gasteiger partial charge in [0, 0.05) is 23.4 Å². The van der Waals surface area contributed by atoms with E-state index in [-0.39, 0.29) is 11.9 Å². The molecule has 32 heavy (non-hydrogen) atoms. The first-order valence-corrected chi connectivity index (χ1v) is 11.4.